The lowest BCUT2D eigenvalue weighted by Crippen LogP contribution is -2.56. The molecule has 1 saturated heterocycles. The molecule has 3 N–H and O–H groups in total. The number of hydrogen-bond donors (Lipinski definition) is 3. The lowest BCUT2D eigenvalue weighted by Gasteiger charge is -2.30. The smallest absolute Gasteiger partial charge is 0.245 e. The summed E-state index contributed by atoms with van der Waals surface area (Å²) >= 11 is 0. The van der Waals surface area contributed by atoms with Gasteiger partial charge >= 0.3 is 0 Å². The van der Waals surface area contributed by atoms with Crippen molar-refractivity contribution in [2.45, 2.75) is 108 Å². The van der Waals surface area contributed by atoms with E-state index in [9.17, 15) is 19.2 Å². The maximum atomic E-state index is 13.7. The molecule has 3 amide bonds. The van der Waals surface area contributed by atoms with Crippen molar-refractivity contribution in [2.24, 2.45) is 5.92 Å². The highest BCUT2D eigenvalue weighted by molar-refractivity contribution is 5.94. The van der Waals surface area contributed by atoms with Crippen LogP contribution in [0.15, 0.2) is 30.3 Å². The molecule has 4 atom stereocenters. The third-order valence-corrected chi connectivity index (χ3v) is 8.00. The van der Waals surface area contributed by atoms with Gasteiger partial charge in [-0.1, -0.05) is 82.2 Å². The zero-order valence-electron chi connectivity index (χ0n) is 23.0. The maximum Gasteiger partial charge on any atom is 0.245 e. The number of hydrogen-bond acceptors (Lipinski definition) is 5. The first kappa shape index (κ1) is 29.8. The molecular formula is C30H45N4O4. The fourth-order valence-electron chi connectivity index (χ4n) is 5.78. The van der Waals surface area contributed by atoms with Crippen LogP contribution in [-0.4, -0.2) is 66.7 Å². The van der Waals surface area contributed by atoms with E-state index < -0.39 is 24.2 Å². The fourth-order valence-corrected chi connectivity index (χ4v) is 5.78. The number of carbonyl (C=O) groups is 3. The summed E-state index contributed by atoms with van der Waals surface area (Å²) in [5.74, 6) is -0.314. The van der Waals surface area contributed by atoms with Gasteiger partial charge in [-0.2, -0.15) is 0 Å². The number of benzene rings is 1. The van der Waals surface area contributed by atoms with E-state index in [1.165, 1.54) is 19.3 Å². The van der Waals surface area contributed by atoms with Gasteiger partial charge in [-0.05, 0) is 50.6 Å². The number of unbranched alkanes of at least 4 members (excludes halogenated alkanes) is 1. The average molecular weight is 526 g/mol. The van der Waals surface area contributed by atoms with E-state index in [0.717, 1.165) is 31.2 Å². The quantitative estimate of drug-likeness (QED) is 0.346. The molecule has 3 rings (SSSR count). The Morgan fingerprint density at radius 2 is 1.74 bits per heavy atom. The number of nitrogens with one attached hydrogen (secondary N) is 3. The molecule has 38 heavy (non-hydrogen) atoms. The van der Waals surface area contributed by atoms with Crippen LogP contribution in [0.2, 0.25) is 0 Å². The number of rotatable bonds is 14. The number of nitrogens with zero attached hydrogens (tertiary/aromatic N) is 1. The van der Waals surface area contributed by atoms with Crippen molar-refractivity contribution in [3.63, 3.8) is 0 Å². The van der Waals surface area contributed by atoms with Crippen LogP contribution in [0.25, 0.3) is 0 Å². The minimum absolute atomic E-state index is 0.224. The predicted molar refractivity (Wildman–Crippen MR) is 148 cm³/mol. The second kappa shape index (κ2) is 15.6. The standard InChI is InChI=1S/C30H45N4O4/c1-3-4-16-25(33-28(36)26(31-2)20-23-14-9-6-10-15-23)30(38)34-18-11-17-27(34)29(37)32-24(21-35)19-22-12-7-5-8-13-22/h6,9-10,14-15,22,24-27,31H,3-5,7-8,11-13,16-20H2,1-2H3,(H,32,37)(H,33,36)/t24-,25+,26+,27+/m1/s1. The van der Waals surface area contributed by atoms with Gasteiger partial charge in [0.1, 0.15) is 12.1 Å². The molecule has 8 heteroatoms. The van der Waals surface area contributed by atoms with Crippen LogP contribution in [0.5, 0.6) is 0 Å². The van der Waals surface area contributed by atoms with Crippen molar-refractivity contribution in [2.75, 3.05) is 13.6 Å². The van der Waals surface area contributed by atoms with Crippen molar-refractivity contribution in [1.82, 2.24) is 20.9 Å². The Balaban J connectivity index is 1.63. The Kier molecular flexibility index (Phi) is 12.3. The number of amides is 3. The molecule has 209 valence electrons. The summed E-state index contributed by atoms with van der Waals surface area (Å²) < 4.78 is 0. The van der Waals surface area contributed by atoms with Gasteiger partial charge in [-0.15, -0.1) is 0 Å². The monoisotopic (exact) mass is 525 g/mol. The molecule has 2 aliphatic rings. The van der Waals surface area contributed by atoms with E-state index in [-0.39, 0.29) is 17.7 Å². The molecule has 0 aromatic heterocycles. The van der Waals surface area contributed by atoms with Gasteiger partial charge in [0.25, 0.3) is 0 Å². The minimum atomic E-state index is -0.696. The van der Waals surface area contributed by atoms with E-state index >= 15 is 0 Å². The van der Waals surface area contributed by atoms with Crippen molar-refractivity contribution < 1.29 is 19.2 Å². The third-order valence-electron chi connectivity index (χ3n) is 8.00. The maximum absolute atomic E-state index is 13.7. The molecule has 1 saturated carbocycles. The van der Waals surface area contributed by atoms with Gasteiger partial charge in [0.05, 0.1) is 12.1 Å². The van der Waals surface area contributed by atoms with Crippen LogP contribution >= 0.6 is 0 Å². The van der Waals surface area contributed by atoms with Crippen molar-refractivity contribution in [3.05, 3.63) is 35.9 Å². The molecule has 2 fully saturated rings. The van der Waals surface area contributed by atoms with Gasteiger partial charge in [0, 0.05) is 6.54 Å². The van der Waals surface area contributed by atoms with Crippen LogP contribution in [0.1, 0.15) is 83.1 Å². The van der Waals surface area contributed by atoms with Gasteiger partial charge in [-0.3, -0.25) is 19.2 Å². The number of likely N-dealkylation sites (N-methyl/N-ethyl adjacent to an activating group) is 1. The molecule has 1 radical (unpaired) electrons. The van der Waals surface area contributed by atoms with Crippen LogP contribution in [0.4, 0.5) is 0 Å². The first-order valence-electron chi connectivity index (χ1n) is 14.5. The second-order valence-corrected chi connectivity index (χ2v) is 10.8. The highest BCUT2D eigenvalue weighted by Crippen LogP contribution is 2.27. The molecule has 1 heterocycles. The summed E-state index contributed by atoms with van der Waals surface area (Å²) in [7, 11) is 1.74. The largest absolute Gasteiger partial charge is 0.344 e. The van der Waals surface area contributed by atoms with E-state index in [4.69, 9.17) is 0 Å². The zero-order chi connectivity index (χ0) is 27.3. The molecule has 0 unspecified atom stereocenters. The van der Waals surface area contributed by atoms with E-state index in [1.807, 2.05) is 43.5 Å². The Morgan fingerprint density at radius 1 is 1.00 bits per heavy atom. The van der Waals surface area contributed by atoms with Crippen molar-refractivity contribution in [1.29, 1.82) is 0 Å². The van der Waals surface area contributed by atoms with E-state index in [1.54, 1.807) is 11.9 Å². The molecule has 0 spiro atoms. The Bertz CT molecular complexity index is 903. The van der Waals surface area contributed by atoms with Crippen LogP contribution in [-0.2, 0) is 25.6 Å². The normalized spacial score (nSPS) is 20.4. The van der Waals surface area contributed by atoms with Crippen molar-refractivity contribution >= 4 is 24.0 Å². The molecule has 0 bridgehead atoms. The number of likely N-dealkylation sites (tertiary alicyclic amines) is 1. The minimum Gasteiger partial charge on any atom is -0.344 e. The van der Waals surface area contributed by atoms with Gasteiger partial charge < -0.3 is 20.9 Å². The van der Waals surface area contributed by atoms with Crippen LogP contribution in [0, 0.1) is 5.92 Å². The van der Waals surface area contributed by atoms with Gasteiger partial charge in [0.2, 0.25) is 24.0 Å². The first-order valence-corrected chi connectivity index (χ1v) is 14.5. The summed E-state index contributed by atoms with van der Waals surface area (Å²) in [5.41, 5.74) is 1.03. The van der Waals surface area contributed by atoms with E-state index in [2.05, 4.69) is 16.0 Å². The van der Waals surface area contributed by atoms with Gasteiger partial charge in [0.15, 0.2) is 0 Å². The van der Waals surface area contributed by atoms with Gasteiger partial charge in [-0.25, -0.2) is 0 Å². The Morgan fingerprint density at radius 3 is 2.39 bits per heavy atom. The van der Waals surface area contributed by atoms with Crippen molar-refractivity contribution in [3.8, 4) is 0 Å². The topological polar surface area (TPSA) is 108 Å². The molecule has 1 aromatic carbocycles. The summed E-state index contributed by atoms with van der Waals surface area (Å²) in [6, 6.07) is 7.32. The van der Waals surface area contributed by atoms with Crippen LogP contribution in [0.3, 0.4) is 0 Å². The molecule has 1 aliphatic carbocycles. The second-order valence-electron chi connectivity index (χ2n) is 10.8. The molecule has 8 nitrogen and oxygen atoms in total. The highest BCUT2D eigenvalue weighted by atomic mass is 16.2. The predicted octanol–water partition coefficient (Wildman–Crippen LogP) is 3.05. The molecule has 1 aliphatic heterocycles. The highest BCUT2D eigenvalue weighted by Gasteiger charge is 2.38. The lowest BCUT2D eigenvalue weighted by molar-refractivity contribution is -0.142. The molecule has 1 aromatic rings. The first-order chi connectivity index (χ1) is 18.5. The van der Waals surface area contributed by atoms with Crippen LogP contribution < -0.4 is 16.0 Å². The van der Waals surface area contributed by atoms with E-state index in [0.29, 0.717) is 44.6 Å². The fraction of sp³-hybridized carbons (Fsp3) is 0.667. The lowest BCUT2D eigenvalue weighted by atomic mass is 9.85. The summed E-state index contributed by atoms with van der Waals surface area (Å²) in [6.07, 6.45) is 12.3. The summed E-state index contributed by atoms with van der Waals surface area (Å²) in [5, 5.41) is 8.91. The summed E-state index contributed by atoms with van der Waals surface area (Å²) in [6.45, 7) is 2.51. The SMILES string of the molecule is CCCC[C@H](NC(=O)[C@H](Cc1ccccc1)NC)C(=O)N1CCC[C@H]1C(=O)N[C@@H]([C]=O)CC1CCCCC1. The Labute approximate surface area is 227 Å². The molecular weight excluding hydrogens is 480 g/mol. The summed E-state index contributed by atoms with van der Waals surface area (Å²) in [4.78, 5) is 53.3. The Hall–Kier alpha value is -2.74. The number of carbonyl (C=O) groups excluding carboxylic acids is 4. The average Bonchev–Trinajstić information content (AvgIpc) is 3.44. The zero-order valence-corrected chi connectivity index (χ0v) is 23.0. The third kappa shape index (κ3) is 8.65.